The zero-order valence-corrected chi connectivity index (χ0v) is 28.9. The lowest BCUT2D eigenvalue weighted by molar-refractivity contribution is -0.335. The van der Waals surface area contributed by atoms with Gasteiger partial charge in [-0.05, 0) is 61.7 Å². The van der Waals surface area contributed by atoms with Crippen LogP contribution in [0.15, 0.2) is 71.8 Å². The van der Waals surface area contributed by atoms with Crippen LogP contribution in [0.3, 0.4) is 0 Å². The molecule has 45 heavy (non-hydrogen) atoms. The molecule has 0 amide bonds. The molecule has 2 aromatic rings. The van der Waals surface area contributed by atoms with Gasteiger partial charge in [0.25, 0.3) is 0 Å². The molecule has 7 nitrogen and oxygen atoms in total. The first-order chi connectivity index (χ1) is 21.0. The molecule has 3 fully saturated rings. The van der Waals surface area contributed by atoms with Gasteiger partial charge >= 0.3 is 5.97 Å². The highest BCUT2D eigenvalue weighted by molar-refractivity contribution is 6.84. The highest BCUT2D eigenvalue weighted by Crippen LogP contribution is 2.67. The lowest BCUT2D eigenvalue weighted by atomic mass is 9.42. The maximum absolute atomic E-state index is 14.0. The first-order valence-electron chi connectivity index (χ1n) is 16.4. The molecule has 1 saturated heterocycles. The van der Waals surface area contributed by atoms with E-state index in [1.165, 1.54) is 0 Å². The van der Waals surface area contributed by atoms with E-state index < -0.39 is 66.5 Å². The first-order valence-corrected chi connectivity index (χ1v) is 19.3. The lowest BCUT2D eigenvalue weighted by Crippen LogP contribution is -2.79. The van der Waals surface area contributed by atoms with Gasteiger partial charge in [-0.2, -0.15) is 0 Å². The zero-order valence-electron chi connectivity index (χ0n) is 27.9. The standard InChI is InChI=1S/C37H50O7Si/c1-22-20-37(41)32(43-33(40)24-15-11-9-12-16-24)30-35(5)21-42-26(35)19-27(44-45(7,8)25-17-13-10-14-18-25)36(30,6)31(39)29(38)28(23(22)2)34(37,3)4/h9-18,22,26-27,29-32,38-39,41H,19-21H2,1-8H3/t22-,26+,27-,29+,30+,31-,32-,35+,36+,37+/m0/s1. The van der Waals surface area contributed by atoms with Crippen LogP contribution < -0.4 is 5.19 Å². The number of allylic oxidation sites excluding steroid dienone is 1. The molecule has 2 aromatic carbocycles. The molecule has 244 valence electrons. The van der Waals surface area contributed by atoms with Crippen molar-refractivity contribution >= 4 is 19.5 Å². The number of ether oxygens (including phenoxy) is 2. The van der Waals surface area contributed by atoms with Crippen LogP contribution in [-0.4, -0.2) is 72.3 Å². The maximum Gasteiger partial charge on any atom is 0.338 e. The third kappa shape index (κ3) is 4.66. The number of esters is 1. The monoisotopic (exact) mass is 634 g/mol. The minimum Gasteiger partial charge on any atom is -0.455 e. The molecule has 0 unspecified atom stereocenters. The van der Waals surface area contributed by atoms with E-state index in [0.29, 0.717) is 30.6 Å². The second-order valence-electron chi connectivity index (χ2n) is 15.7. The van der Waals surface area contributed by atoms with Crippen molar-refractivity contribution in [3.05, 3.63) is 77.4 Å². The largest absolute Gasteiger partial charge is 0.455 e. The minimum absolute atomic E-state index is 0.108. The number of carbonyl (C=O) groups is 1. The van der Waals surface area contributed by atoms with Crippen LogP contribution in [0.25, 0.3) is 0 Å². The topological polar surface area (TPSA) is 105 Å². The number of rotatable bonds is 5. The molecule has 4 aliphatic rings. The number of aliphatic hydroxyl groups excluding tert-OH is 2. The number of carbonyl (C=O) groups excluding carboxylic acids is 1. The Morgan fingerprint density at radius 3 is 2.16 bits per heavy atom. The van der Waals surface area contributed by atoms with Crippen LogP contribution in [0.1, 0.15) is 64.7 Å². The van der Waals surface area contributed by atoms with Crippen molar-refractivity contribution in [2.75, 3.05) is 6.61 Å². The molecule has 8 heteroatoms. The van der Waals surface area contributed by atoms with Crippen molar-refractivity contribution in [2.45, 2.75) is 104 Å². The third-order valence-corrected chi connectivity index (χ3v) is 15.1. The summed E-state index contributed by atoms with van der Waals surface area (Å²) in [5, 5.41) is 39.2. The summed E-state index contributed by atoms with van der Waals surface area (Å²) in [6.45, 7) is 16.6. The summed E-state index contributed by atoms with van der Waals surface area (Å²) in [4.78, 5) is 14.0. The molecule has 2 bridgehead atoms. The van der Waals surface area contributed by atoms with Gasteiger partial charge in [-0.3, -0.25) is 0 Å². The zero-order chi connectivity index (χ0) is 32.7. The van der Waals surface area contributed by atoms with Crippen LogP contribution in [-0.2, 0) is 13.9 Å². The van der Waals surface area contributed by atoms with Crippen molar-refractivity contribution in [3.8, 4) is 0 Å². The van der Waals surface area contributed by atoms with Crippen LogP contribution in [0.5, 0.6) is 0 Å². The molecule has 10 atom stereocenters. The second-order valence-corrected chi connectivity index (χ2v) is 19.5. The summed E-state index contributed by atoms with van der Waals surface area (Å²) in [6.07, 6.45) is -3.45. The van der Waals surface area contributed by atoms with Crippen molar-refractivity contribution < 1.29 is 34.0 Å². The fraction of sp³-hybridized carbons (Fsp3) is 0.595. The van der Waals surface area contributed by atoms with E-state index in [1.54, 1.807) is 24.3 Å². The van der Waals surface area contributed by atoms with Gasteiger partial charge in [-0.15, -0.1) is 0 Å². The molecular formula is C37H50O7Si. The molecule has 3 aliphatic carbocycles. The Morgan fingerprint density at radius 1 is 0.978 bits per heavy atom. The molecule has 0 aromatic heterocycles. The van der Waals surface area contributed by atoms with E-state index in [0.717, 1.165) is 10.8 Å². The Bertz CT molecular complexity index is 1470. The average Bonchev–Trinajstić information content (AvgIpc) is 3.00. The van der Waals surface area contributed by atoms with E-state index in [2.05, 4.69) is 32.2 Å². The van der Waals surface area contributed by atoms with Gasteiger partial charge in [-0.25, -0.2) is 4.79 Å². The Balaban J connectivity index is 1.58. The number of hydrogen-bond acceptors (Lipinski definition) is 7. The summed E-state index contributed by atoms with van der Waals surface area (Å²) < 4.78 is 20.0. The van der Waals surface area contributed by atoms with Crippen LogP contribution >= 0.6 is 0 Å². The number of fused-ring (bicyclic) bond motifs is 5. The molecule has 3 N–H and O–H groups in total. The third-order valence-electron chi connectivity index (χ3n) is 12.5. The van der Waals surface area contributed by atoms with E-state index in [1.807, 2.05) is 58.9 Å². The molecule has 6 rings (SSSR count). The van der Waals surface area contributed by atoms with Crippen molar-refractivity contribution in [3.63, 3.8) is 0 Å². The van der Waals surface area contributed by atoms with Crippen molar-refractivity contribution in [1.82, 2.24) is 0 Å². The molecular weight excluding hydrogens is 584 g/mol. The van der Waals surface area contributed by atoms with Crippen molar-refractivity contribution in [2.24, 2.45) is 28.1 Å². The van der Waals surface area contributed by atoms with Crippen LogP contribution in [0.4, 0.5) is 0 Å². The van der Waals surface area contributed by atoms with Crippen molar-refractivity contribution in [1.29, 1.82) is 0 Å². The maximum atomic E-state index is 14.0. The summed E-state index contributed by atoms with van der Waals surface area (Å²) in [5.74, 6) is -1.23. The van der Waals surface area contributed by atoms with Gasteiger partial charge in [0.2, 0.25) is 8.32 Å². The predicted octanol–water partition coefficient (Wildman–Crippen LogP) is 4.99. The Labute approximate surface area is 268 Å². The number of hydrogen-bond donors (Lipinski definition) is 3. The Morgan fingerprint density at radius 2 is 1.58 bits per heavy atom. The predicted molar refractivity (Wildman–Crippen MR) is 175 cm³/mol. The normalized spacial score (nSPS) is 40.7. The molecule has 2 saturated carbocycles. The van der Waals surface area contributed by atoms with Gasteiger partial charge in [0.1, 0.15) is 17.8 Å². The molecule has 1 heterocycles. The van der Waals surface area contributed by atoms with Gasteiger partial charge in [0.05, 0.1) is 30.5 Å². The summed E-state index contributed by atoms with van der Waals surface area (Å²) >= 11 is 0. The fourth-order valence-electron chi connectivity index (χ4n) is 9.57. The molecule has 1 aliphatic heterocycles. The van der Waals surface area contributed by atoms with E-state index in [9.17, 15) is 20.1 Å². The molecule has 0 radical (unpaired) electrons. The second kappa shape index (κ2) is 10.9. The molecule has 0 spiro atoms. The SMILES string of the molecule is CC1=C2[C@@H](O)[C@H](O)[C@]3(C)[C@@H](O[Si](C)(C)c4ccccc4)C[C@H]4OC[C@@]4(C)[C@H]3[C@H](OC(=O)c3ccccc3)[C@](O)(C[C@@H]1C)C2(C)C. The summed E-state index contributed by atoms with van der Waals surface area (Å²) in [6, 6.07) is 19.0. The number of benzene rings is 2. The summed E-state index contributed by atoms with van der Waals surface area (Å²) in [7, 11) is -2.56. The van der Waals surface area contributed by atoms with Gasteiger partial charge < -0.3 is 29.2 Å². The average molecular weight is 635 g/mol. The fourth-order valence-corrected chi connectivity index (χ4v) is 11.8. The summed E-state index contributed by atoms with van der Waals surface area (Å²) in [5.41, 5.74) is -2.29. The van der Waals surface area contributed by atoms with E-state index >= 15 is 0 Å². The number of aliphatic hydroxyl groups is 3. The smallest absolute Gasteiger partial charge is 0.338 e. The quantitative estimate of drug-likeness (QED) is 0.242. The van der Waals surface area contributed by atoms with Gasteiger partial charge in [-0.1, -0.05) is 88.7 Å². The van der Waals surface area contributed by atoms with Crippen LogP contribution in [0.2, 0.25) is 13.1 Å². The highest BCUT2D eigenvalue weighted by Gasteiger charge is 2.75. The Hall–Kier alpha value is -2.33. The van der Waals surface area contributed by atoms with Crippen LogP contribution in [0, 0.1) is 28.1 Å². The minimum atomic E-state index is -2.56. The van der Waals surface area contributed by atoms with Gasteiger partial charge in [0, 0.05) is 22.2 Å². The first kappa shape index (κ1) is 32.6. The van der Waals surface area contributed by atoms with Gasteiger partial charge in [0.15, 0.2) is 0 Å². The Kier molecular flexibility index (Phi) is 7.87. The lowest BCUT2D eigenvalue weighted by Gasteiger charge is -2.70. The highest BCUT2D eigenvalue weighted by atomic mass is 28.4. The van der Waals surface area contributed by atoms with E-state index in [4.69, 9.17) is 13.9 Å². The van der Waals surface area contributed by atoms with E-state index in [-0.39, 0.29) is 12.0 Å².